The van der Waals surface area contributed by atoms with Gasteiger partial charge in [-0.2, -0.15) is 0 Å². The second kappa shape index (κ2) is 8.65. The molecule has 0 aliphatic heterocycles. The minimum Gasteiger partial charge on any atom is -0.359 e. The molecular formula is C15H20N4OS2. The molecule has 1 amide bonds. The number of thiocarbonyl (C=S) groups is 2. The Balaban J connectivity index is 1.68. The summed E-state index contributed by atoms with van der Waals surface area (Å²) in [6.45, 7) is 0. The van der Waals surface area contributed by atoms with Gasteiger partial charge in [-0.15, -0.1) is 0 Å². The second-order valence-electron chi connectivity index (χ2n) is 5.21. The molecule has 1 saturated carbocycles. The van der Waals surface area contributed by atoms with Gasteiger partial charge in [-0.25, -0.2) is 0 Å². The molecule has 4 N–H and O–H groups in total. The molecule has 7 heteroatoms. The van der Waals surface area contributed by atoms with Crippen LogP contribution in [0.3, 0.4) is 0 Å². The van der Waals surface area contributed by atoms with Gasteiger partial charge in [0, 0.05) is 11.6 Å². The van der Waals surface area contributed by atoms with Gasteiger partial charge in [0.25, 0.3) is 5.91 Å². The maximum Gasteiger partial charge on any atom is 0.257 e. The van der Waals surface area contributed by atoms with Gasteiger partial charge >= 0.3 is 0 Å². The number of hydrogen-bond acceptors (Lipinski definition) is 3. The Morgan fingerprint density at radius 2 is 1.59 bits per heavy atom. The van der Waals surface area contributed by atoms with Crippen molar-refractivity contribution in [1.29, 1.82) is 0 Å². The number of carbonyl (C=O) groups is 1. The van der Waals surface area contributed by atoms with Crippen molar-refractivity contribution in [2.75, 3.05) is 0 Å². The molecule has 1 aromatic carbocycles. The zero-order chi connectivity index (χ0) is 15.8. The van der Waals surface area contributed by atoms with Crippen molar-refractivity contribution in [3.63, 3.8) is 0 Å². The van der Waals surface area contributed by atoms with Crippen LogP contribution in [0.2, 0.25) is 0 Å². The molecule has 0 saturated heterocycles. The Kier molecular flexibility index (Phi) is 6.54. The Morgan fingerprint density at radius 1 is 0.955 bits per heavy atom. The van der Waals surface area contributed by atoms with Crippen molar-refractivity contribution in [3.05, 3.63) is 35.9 Å². The van der Waals surface area contributed by atoms with Crippen molar-refractivity contribution >= 4 is 40.6 Å². The van der Waals surface area contributed by atoms with E-state index in [2.05, 4.69) is 21.5 Å². The Labute approximate surface area is 141 Å². The van der Waals surface area contributed by atoms with Crippen LogP contribution < -0.4 is 21.5 Å². The van der Waals surface area contributed by atoms with Gasteiger partial charge < -0.3 is 5.32 Å². The van der Waals surface area contributed by atoms with Crippen LogP contribution in [0, 0.1) is 0 Å². The lowest BCUT2D eigenvalue weighted by Gasteiger charge is -2.24. The SMILES string of the molecule is O=C(NC(=S)NNC(=S)NC1CCCCC1)c1ccccc1. The molecule has 2 rings (SSSR count). The molecule has 1 aromatic rings. The van der Waals surface area contributed by atoms with Gasteiger partial charge in [-0.1, -0.05) is 37.5 Å². The van der Waals surface area contributed by atoms with E-state index in [1.54, 1.807) is 24.3 Å². The fourth-order valence-corrected chi connectivity index (χ4v) is 2.74. The molecule has 5 nitrogen and oxygen atoms in total. The minimum absolute atomic E-state index is 0.182. The summed E-state index contributed by atoms with van der Waals surface area (Å²) < 4.78 is 0. The Hall–Kier alpha value is -1.73. The van der Waals surface area contributed by atoms with Crippen LogP contribution >= 0.6 is 24.4 Å². The van der Waals surface area contributed by atoms with Gasteiger partial charge in [0.2, 0.25) is 0 Å². The summed E-state index contributed by atoms with van der Waals surface area (Å²) in [6, 6.07) is 9.31. The lowest BCUT2D eigenvalue weighted by molar-refractivity contribution is 0.0976. The third-order valence-electron chi connectivity index (χ3n) is 3.49. The van der Waals surface area contributed by atoms with Crippen molar-refractivity contribution in [1.82, 2.24) is 21.5 Å². The molecule has 1 fully saturated rings. The third-order valence-corrected chi connectivity index (χ3v) is 3.92. The lowest BCUT2D eigenvalue weighted by Crippen LogP contribution is -2.53. The predicted molar refractivity (Wildman–Crippen MR) is 95.4 cm³/mol. The molecule has 0 bridgehead atoms. The number of nitrogens with one attached hydrogen (secondary N) is 4. The molecule has 0 atom stereocenters. The first-order valence-electron chi connectivity index (χ1n) is 7.38. The number of hydrazine groups is 1. The zero-order valence-corrected chi connectivity index (χ0v) is 13.9. The lowest BCUT2D eigenvalue weighted by atomic mass is 9.96. The first kappa shape index (κ1) is 16.6. The maximum absolute atomic E-state index is 11.9. The predicted octanol–water partition coefficient (Wildman–Crippen LogP) is 2.00. The maximum atomic E-state index is 11.9. The van der Waals surface area contributed by atoms with E-state index in [0.29, 0.717) is 16.7 Å². The molecule has 0 unspecified atom stereocenters. The van der Waals surface area contributed by atoms with E-state index in [4.69, 9.17) is 24.4 Å². The molecule has 0 heterocycles. The summed E-state index contributed by atoms with van der Waals surface area (Å²) in [5, 5.41) is 6.50. The highest BCUT2D eigenvalue weighted by atomic mass is 32.1. The molecule has 0 aromatic heterocycles. The normalized spacial score (nSPS) is 14.7. The molecule has 118 valence electrons. The van der Waals surface area contributed by atoms with Crippen molar-refractivity contribution in [2.24, 2.45) is 0 Å². The highest BCUT2D eigenvalue weighted by Crippen LogP contribution is 2.17. The highest BCUT2D eigenvalue weighted by Gasteiger charge is 2.14. The van der Waals surface area contributed by atoms with Crippen LogP contribution in [0.1, 0.15) is 42.5 Å². The van der Waals surface area contributed by atoms with Gasteiger partial charge in [0.1, 0.15) is 0 Å². The standard InChI is InChI=1S/C15H20N4OS2/c20-13(11-7-3-1-4-8-11)17-15(22)19-18-14(21)16-12-9-5-2-6-10-12/h1,3-4,7-8,12H,2,5-6,9-10H2,(H2,16,18,21)(H2,17,19,20,22). The topological polar surface area (TPSA) is 65.2 Å². The molecule has 1 aliphatic carbocycles. The first-order chi connectivity index (χ1) is 10.6. The monoisotopic (exact) mass is 336 g/mol. The molecular weight excluding hydrogens is 316 g/mol. The number of amides is 1. The van der Waals surface area contributed by atoms with Crippen molar-refractivity contribution < 1.29 is 4.79 Å². The third kappa shape index (κ3) is 5.57. The Bertz CT molecular complexity index is 530. The minimum atomic E-state index is -0.258. The number of carbonyl (C=O) groups excluding carboxylic acids is 1. The van der Waals surface area contributed by atoms with E-state index in [0.717, 1.165) is 12.8 Å². The fourth-order valence-electron chi connectivity index (χ4n) is 2.38. The number of rotatable bonds is 2. The summed E-state index contributed by atoms with van der Waals surface area (Å²) in [6.07, 6.45) is 6.04. The van der Waals surface area contributed by atoms with Crippen LogP contribution in [0.5, 0.6) is 0 Å². The molecule has 22 heavy (non-hydrogen) atoms. The van der Waals surface area contributed by atoms with Crippen LogP contribution in [-0.2, 0) is 0 Å². The second-order valence-corrected chi connectivity index (χ2v) is 6.02. The largest absolute Gasteiger partial charge is 0.359 e. The van der Waals surface area contributed by atoms with Gasteiger partial charge in [0.15, 0.2) is 10.2 Å². The summed E-state index contributed by atoms with van der Waals surface area (Å²) in [5.41, 5.74) is 6.07. The van der Waals surface area contributed by atoms with Crippen molar-refractivity contribution in [3.8, 4) is 0 Å². The quantitative estimate of drug-likeness (QED) is 0.489. The summed E-state index contributed by atoms with van der Waals surface area (Å²) in [5.74, 6) is -0.258. The number of hydrogen-bond donors (Lipinski definition) is 4. The first-order valence-corrected chi connectivity index (χ1v) is 8.19. The van der Waals surface area contributed by atoms with Crippen LogP contribution in [0.25, 0.3) is 0 Å². The molecule has 1 aliphatic rings. The Morgan fingerprint density at radius 3 is 2.27 bits per heavy atom. The number of benzene rings is 1. The van der Waals surface area contributed by atoms with Crippen LogP contribution in [-0.4, -0.2) is 22.2 Å². The zero-order valence-electron chi connectivity index (χ0n) is 12.2. The molecule has 0 radical (unpaired) electrons. The van der Waals surface area contributed by atoms with E-state index in [-0.39, 0.29) is 11.0 Å². The van der Waals surface area contributed by atoms with E-state index < -0.39 is 0 Å². The summed E-state index contributed by atoms with van der Waals surface area (Å²) in [7, 11) is 0. The average Bonchev–Trinajstić information content (AvgIpc) is 2.55. The van der Waals surface area contributed by atoms with Gasteiger partial charge in [-0.05, 0) is 49.4 Å². The molecule has 0 spiro atoms. The fraction of sp³-hybridized carbons (Fsp3) is 0.400. The van der Waals surface area contributed by atoms with E-state index >= 15 is 0 Å². The van der Waals surface area contributed by atoms with Gasteiger partial charge in [-0.3, -0.25) is 21.0 Å². The van der Waals surface area contributed by atoms with E-state index in [1.807, 2.05) is 6.07 Å². The van der Waals surface area contributed by atoms with E-state index in [9.17, 15) is 4.79 Å². The summed E-state index contributed by atoms with van der Waals surface area (Å²) >= 11 is 10.3. The van der Waals surface area contributed by atoms with E-state index in [1.165, 1.54) is 19.3 Å². The average molecular weight is 336 g/mol. The van der Waals surface area contributed by atoms with Crippen LogP contribution in [0.15, 0.2) is 30.3 Å². The smallest absolute Gasteiger partial charge is 0.257 e. The summed E-state index contributed by atoms with van der Waals surface area (Å²) in [4.78, 5) is 11.9. The van der Waals surface area contributed by atoms with Crippen LogP contribution in [0.4, 0.5) is 0 Å². The van der Waals surface area contributed by atoms with Crippen molar-refractivity contribution in [2.45, 2.75) is 38.1 Å². The highest BCUT2D eigenvalue weighted by molar-refractivity contribution is 7.80. The van der Waals surface area contributed by atoms with Gasteiger partial charge in [0.05, 0.1) is 0 Å².